The number of nitrogens with two attached hydrogens (primary N) is 4. The molecule has 1 heterocycles. The van der Waals surface area contributed by atoms with Crippen LogP contribution in [0, 0.1) is 0 Å². The van der Waals surface area contributed by atoms with Crippen LogP contribution in [0.15, 0.2) is 24.4 Å². The predicted molar refractivity (Wildman–Crippen MR) is 71.6 cm³/mol. The summed E-state index contributed by atoms with van der Waals surface area (Å²) in [5.74, 6) is 11.0. The second-order valence-electron chi connectivity index (χ2n) is 3.94. The van der Waals surface area contributed by atoms with Crippen LogP contribution in [0.4, 0.5) is 21.0 Å². The molecule has 20 heavy (non-hydrogen) atoms. The number of hydrogen-bond donors (Lipinski definition) is 5. The van der Waals surface area contributed by atoms with E-state index in [1.54, 1.807) is 0 Å². The average molecular weight is 279 g/mol. The fraction of sp³-hybridized carbons (Fsp3) is 0. The molecule has 1 aromatic heterocycles. The summed E-state index contributed by atoms with van der Waals surface area (Å²) in [5.41, 5.74) is 10.7. The quantitative estimate of drug-likeness (QED) is 0.213. The lowest BCUT2D eigenvalue weighted by atomic mass is 10.2. The number of nitrogens with zero attached hydrogens (tertiary/aromatic N) is 3. The molecule has 0 aliphatic carbocycles. The van der Waals surface area contributed by atoms with Gasteiger partial charge in [0.15, 0.2) is 0 Å². The molecule has 2 aromatic rings. The summed E-state index contributed by atoms with van der Waals surface area (Å²) in [4.78, 5) is 22.2. The van der Waals surface area contributed by atoms with Gasteiger partial charge in [0.25, 0.3) is 0 Å². The van der Waals surface area contributed by atoms with E-state index < -0.39 is 12.1 Å². The minimum absolute atomic E-state index is 0.140. The van der Waals surface area contributed by atoms with Gasteiger partial charge < -0.3 is 16.7 Å². The standard InChI is InChI=1S/C10H13N7O3/c11-9(18)16(13)6-1-2-7(17(14)10(12)19)8-5(6)3-4-15(8)20/h1-4,20H,13-14H2,(H2,11,18)(H2,12,19). The number of benzene rings is 1. The molecule has 2 rings (SSSR count). The molecule has 106 valence electrons. The first-order valence-electron chi connectivity index (χ1n) is 5.36. The number of hydrogen-bond acceptors (Lipinski definition) is 5. The predicted octanol–water partition coefficient (Wildman–Crippen LogP) is -0.604. The lowest BCUT2D eigenvalue weighted by Gasteiger charge is -2.19. The van der Waals surface area contributed by atoms with Gasteiger partial charge in [-0.05, 0) is 18.2 Å². The molecule has 10 heteroatoms. The third kappa shape index (κ3) is 1.94. The molecule has 1 aromatic carbocycles. The summed E-state index contributed by atoms with van der Waals surface area (Å²) in [6.45, 7) is 0. The molecule has 4 amide bonds. The third-order valence-electron chi connectivity index (χ3n) is 2.78. The van der Waals surface area contributed by atoms with Gasteiger partial charge in [0.2, 0.25) is 0 Å². The molecule has 0 fully saturated rings. The number of primary amides is 2. The lowest BCUT2D eigenvalue weighted by molar-refractivity contribution is 0.200. The zero-order valence-electron chi connectivity index (χ0n) is 10.2. The Morgan fingerprint density at radius 1 is 1.00 bits per heavy atom. The zero-order chi connectivity index (χ0) is 15.0. The Morgan fingerprint density at radius 2 is 1.50 bits per heavy atom. The van der Waals surface area contributed by atoms with Crippen molar-refractivity contribution in [3.63, 3.8) is 0 Å². The molecule has 10 nitrogen and oxygen atoms in total. The maximum atomic E-state index is 11.1. The number of hydrazine groups is 2. The van der Waals surface area contributed by atoms with Crippen LogP contribution in [0.25, 0.3) is 10.9 Å². The van der Waals surface area contributed by atoms with E-state index in [9.17, 15) is 14.8 Å². The van der Waals surface area contributed by atoms with Crippen molar-refractivity contribution in [3.8, 4) is 0 Å². The second-order valence-corrected chi connectivity index (χ2v) is 3.94. The number of anilines is 2. The summed E-state index contributed by atoms with van der Waals surface area (Å²) in [7, 11) is 0. The lowest BCUT2D eigenvalue weighted by Crippen LogP contribution is -2.43. The van der Waals surface area contributed by atoms with Crippen LogP contribution < -0.4 is 33.2 Å². The van der Waals surface area contributed by atoms with Gasteiger partial charge in [0.05, 0.1) is 11.4 Å². The number of carbonyl (C=O) groups is 2. The van der Waals surface area contributed by atoms with Crippen molar-refractivity contribution in [2.45, 2.75) is 0 Å². The molecule has 0 aliphatic rings. The smallest absolute Gasteiger partial charge is 0.333 e. The highest BCUT2D eigenvalue weighted by molar-refractivity contribution is 6.08. The Labute approximate surface area is 112 Å². The number of rotatable bonds is 2. The SMILES string of the molecule is NC(=O)N(N)c1ccc(N(N)C(N)=O)c2c1ccn2O. The van der Waals surface area contributed by atoms with Crippen molar-refractivity contribution in [1.82, 2.24) is 4.73 Å². The normalized spacial score (nSPS) is 10.5. The minimum Gasteiger partial charge on any atom is -0.428 e. The van der Waals surface area contributed by atoms with Crippen LogP contribution in [0.2, 0.25) is 0 Å². The van der Waals surface area contributed by atoms with E-state index in [1.165, 1.54) is 24.4 Å². The Morgan fingerprint density at radius 3 is 2.05 bits per heavy atom. The molecule has 0 spiro atoms. The van der Waals surface area contributed by atoms with Crippen LogP contribution in [0.1, 0.15) is 0 Å². The van der Waals surface area contributed by atoms with Crippen molar-refractivity contribution >= 4 is 34.3 Å². The van der Waals surface area contributed by atoms with Gasteiger partial charge in [-0.15, -0.1) is 0 Å². The Balaban J connectivity index is 2.72. The van der Waals surface area contributed by atoms with E-state index in [4.69, 9.17) is 23.2 Å². The van der Waals surface area contributed by atoms with Crippen LogP contribution in [-0.2, 0) is 0 Å². The van der Waals surface area contributed by atoms with Gasteiger partial charge in [0.1, 0.15) is 5.52 Å². The van der Waals surface area contributed by atoms with Gasteiger partial charge in [-0.3, -0.25) is 0 Å². The number of amides is 4. The van der Waals surface area contributed by atoms with E-state index in [0.717, 1.165) is 4.73 Å². The number of urea groups is 2. The van der Waals surface area contributed by atoms with Gasteiger partial charge in [-0.25, -0.2) is 31.3 Å². The fourth-order valence-corrected chi connectivity index (χ4v) is 1.85. The highest BCUT2D eigenvalue weighted by atomic mass is 16.5. The monoisotopic (exact) mass is 279 g/mol. The summed E-state index contributed by atoms with van der Waals surface area (Å²) in [5, 5.41) is 11.5. The Kier molecular flexibility index (Phi) is 3.10. The first kappa shape index (κ1) is 13.5. The van der Waals surface area contributed by atoms with Crippen LogP contribution in [-0.4, -0.2) is 22.0 Å². The first-order chi connectivity index (χ1) is 9.34. The summed E-state index contributed by atoms with van der Waals surface area (Å²) < 4.78 is 0.728. The largest absolute Gasteiger partial charge is 0.428 e. The zero-order valence-corrected chi connectivity index (χ0v) is 10.2. The third-order valence-corrected chi connectivity index (χ3v) is 2.78. The van der Waals surface area contributed by atoms with Crippen molar-refractivity contribution in [2.75, 3.05) is 10.0 Å². The second kappa shape index (κ2) is 4.60. The van der Waals surface area contributed by atoms with E-state index in [-0.39, 0.29) is 16.9 Å². The van der Waals surface area contributed by atoms with Crippen molar-refractivity contribution in [2.24, 2.45) is 23.2 Å². The number of fused-ring (bicyclic) bond motifs is 1. The maximum absolute atomic E-state index is 11.1. The van der Waals surface area contributed by atoms with Crippen molar-refractivity contribution in [1.29, 1.82) is 0 Å². The van der Waals surface area contributed by atoms with E-state index in [1.807, 2.05) is 0 Å². The molecule has 0 radical (unpaired) electrons. The first-order valence-corrected chi connectivity index (χ1v) is 5.36. The van der Waals surface area contributed by atoms with Crippen LogP contribution in [0.3, 0.4) is 0 Å². The molecule has 9 N–H and O–H groups in total. The Hall–Kier alpha value is -2.98. The summed E-state index contributed by atoms with van der Waals surface area (Å²) in [6, 6.07) is 2.47. The highest BCUT2D eigenvalue weighted by Crippen LogP contribution is 2.33. The number of aromatic nitrogens is 1. The van der Waals surface area contributed by atoms with Crippen LogP contribution >= 0.6 is 0 Å². The molecule has 0 bridgehead atoms. The minimum atomic E-state index is -0.917. The Bertz CT molecular complexity index is 695. The van der Waals surface area contributed by atoms with E-state index in [0.29, 0.717) is 15.4 Å². The average Bonchev–Trinajstić information content (AvgIpc) is 2.78. The van der Waals surface area contributed by atoms with E-state index in [2.05, 4.69) is 0 Å². The molecular weight excluding hydrogens is 266 g/mol. The van der Waals surface area contributed by atoms with Gasteiger partial charge in [-0.2, -0.15) is 4.73 Å². The van der Waals surface area contributed by atoms with Crippen molar-refractivity contribution in [3.05, 3.63) is 24.4 Å². The maximum Gasteiger partial charge on any atom is 0.333 e. The summed E-state index contributed by atoms with van der Waals surface area (Å²) >= 11 is 0. The molecular formula is C10H13N7O3. The van der Waals surface area contributed by atoms with Gasteiger partial charge in [0, 0.05) is 11.6 Å². The molecule has 0 saturated heterocycles. The summed E-state index contributed by atoms with van der Waals surface area (Å²) in [6.07, 6.45) is 1.29. The molecule has 0 atom stereocenters. The van der Waals surface area contributed by atoms with Gasteiger partial charge in [-0.1, -0.05) is 0 Å². The molecule has 0 aliphatic heterocycles. The highest BCUT2D eigenvalue weighted by Gasteiger charge is 2.20. The fourth-order valence-electron chi connectivity index (χ4n) is 1.85. The number of carbonyl (C=O) groups excluding carboxylic acids is 2. The van der Waals surface area contributed by atoms with E-state index >= 15 is 0 Å². The molecule has 0 saturated carbocycles. The van der Waals surface area contributed by atoms with Crippen LogP contribution in [0.5, 0.6) is 0 Å². The van der Waals surface area contributed by atoms with Crippen molar-refractivity contribution < 1.29 is 14.8 Å². The topological polar surface area (TPSA) is 170 Å². The molecule has 0 unspecified atom stereocenters. The van der Waals surface area contributed by atoms with Gasteiger partial charge >= 0.3 is 12.1 Å².